The molecule has 0 fully saturated rings. The number of hydrogen-bond acceptors (Lipinski definition) is 6. The van der Waals surface area contributed by atoms with E-state index in [2.05, 4.69) is 67.7 Å². The Kier molecular flexibility index (Phi) is 7.54. The van der Waals surface area contributed by atoms with E-state index >= 15 is 0 Å². The van der Waals surface area contributed by atoms with Crippen LogP contribution in [0.25, 0.3) is 22.9 Å². The number of hydrazone groups is 2. The van der Waals surface area contributed by atoms with Crippen LogP contribution in [0.5, 0.6) is 0 Å². The van der Waals surface area contributed by atoms with Gasteiger partial charge in [-0.2, -0.15) is 10.2 Å². The summed E-state index contributed by atoms with van der Waals surface area (Å²) < 4.78 is 0. The lowest BCUT2D eigenvalue weighted by Crippen LogP contribution is -2.01. The van der Waals surface area contributed by atoms with Gasteiger partial charge in [-0.05, 0) is 36.1 Å². The topological polar surface area (TPSA) is 74.6 Å². The molecular weight excluding hydrogens is 420 g/mol. The van der Waals surface area contributed by atoms with Crippen LogP contribution in [0.1, 0.15) is 25.0 Å². The third kappa shape index (κ3) is 6.23. The van der Waals surface area contributed by atoms with Crippen molar-refractivity contribution in [2.24, 2.45) is 10.2 Å². The molecule has 0 bridgehead atoms. The number of fused-ring (bicyclic) bond motifs is 1. The third-order valence-electron chi connectivity index (χ3n) is 4.95. The Hall–Kier alpha value is -4.58. The monoisotopic (exact) mass is 446 g/mol. The van der Waals surface area contributed by atoms with Crippen molar-refractivity contribution in [2.45, 2.75) is 13.8 Å². The molecule has 1 aromatic heterocycles. The van der Waals surface area contributed by atoms with E-state index in [1.165, 1.54) is 0 Å². The summed E-state index contributed by atoms with van der Waals surface area (Å²) in [7, 11) is 0. The van der Waals surface area contributed by atoms with Crippen LogP contribution in [0, 0.1) is 0 Å². The number of aromatic nitrogens is 2. The van der Waals surface area contributed by atoms with E-state index in [1.54, 1.807) is 12.4 Å². The smallest absolute Gasteiger partial charge is 0.176 e. The molecule has 0 spiro atoms. The summed E-state index contributed by atoms with van der Waals surface area (Å²) in [4.78, 5) is 0. The van der Waals surface area contributed by atoms with Crippen molar-refractivity contribution < 1.29 is 0 Å². The zero-order chi connectivity index (χ0) is 23.6. The molecule has 1 heterocycles. The highest BCUT2D eigenvalue weighted by molar-refractivity contribution is 5.98. The number of hydrogen-bond donors (Lipinski definition) is 2. The fourth-order valence-corrected chi connectivity index (χ4v) is 3.36. The number of anilines is 2. The molecule has 6 heteroatoms. The summed E-state index contributed by atoms with van der Waals surface area (Å²) in [5, 5.41) is 19.1. The Bertz CT molecular complexity index is 1250. The number of nitrogens with zero attached hydrogens (tertiary/aromatic N) is 4. The molecular formula is C28H26N6. The number of nitrogens with one attached hydrogen (secondary N) is 2. The molecule has 168 valence electrons. The molecule has 4 aromatic rings. The Labute approximate surface area is 199 Å². The minimum absolute atomic E-state index is 0.578. The van der Waals surface area contributed by atoms with Crippen LogP contribution >= 0.6 is 0 Å². The molecule has 6 nitrogen and oxygen atoms in total. The van der Waals surface area contributed by atoms with Gasteiger partial charge in [-0.15, -0.1) is 10.2 Å². The third-order valence-corrected chi connectivity index (χ3v) is 4.95. The first kappa shape index (κ1) is 22.6. The van der Waals surface area contributed by atoms with Crippen molar-refractivity contribution in [3.63, 3.8) is 0 Å². The summed E-state index contributed by atoms with van der Waals surface area (Å²) in [6.07, 6.45) is 7.66. The number of benzene rings is 3. The Morgan fingerprint density at radius 3 is 1.38 bits per heavy atom. The molecule has 0 atom stereocenters. The molecule has 2 N–H and O–H groups in total. The van der Waals surface area contributed by atoms with Gasteiger partial charge in [0, 0.05) is 10.8 Å². The summed E-state index contributed by atoms with van der Waals surface area (Å²) in [6, 6.07) is 28.1. The van der Waals surface area contributed by atoms with Gasteiger partial charge >= 0.3 is 0 Å². The lowest BCUT2D eigenvalue weighted by Gasteiger charge is -2.08. The van der Waals surface area contributed by atoms with Gasteiger partial charge in [-0.25, -0.2) is 0 Å². The first-order valence-corrected chi connectivity index (χ1v) is 11.0. The maximum absolute atomic E-state index is 4.34. The molecule has 0 radical (unpaired) electrons. The Balaban J connectivity index is 1.47. The van der Waals surface area contributed by atoms with E-state index in [0.29, 0.717) is 11.6 Å². The van der Waals surface area contributed by atoms with Gasteiger partial charge < -0.3 is 0 Å². The second-order valence-electron chi connectivity index (χ2n) is 7.78. The molecule has 0 aliphatic heterocycles. The van der Waals surface area contributed by atoms with Crippen molar-refractivity contribution in [3.05, 3.63) is 107 Å². The summed E-state index contributed by atoms with van der Waals surface area (Å²) in [5.41, 5.74) is 10.3. The van der Waals surface area contributed by atoms with Crippen molar-refractivity contribution in [2.75, 3.05) is 10.9 Å². The fraction of sp³-hybridized carbons (Fsp3) is 0.0714. The van der Waals surface area contributed by atoms with Gasteiger partial charge in [-0.3, -0.25) is 10.9 Å². The van der Waals surface area contributed by atoms with E-state index < -0.39 is 0 Å². The lowest BCUT2D eigenvalue weighted by atomic mass is 10.1. The van der Waals surface area contributed by atoms with Gasteiger partial charge in [-0.1, -0.05) is 97.1 Å². The summed E-state index contributed by atoms with van der Waals surface area (Å²) in [5.74, 6) is 1.16. The first-order chi connectivity index (χ1) is 16.7. The first-order valence-electron chi connectivity index (χ1n) is 11.0. The van der Waals surface area contributed by atoms with Crippen LogP contribution in [-0.4, -0.2) is 22.6 Å². The maximum atomic E-state index is 4.34. The van der Waals surface area contributed by atoms with Gasteiger partial charge in [0.15, 0.2) is 11.6 Å². The molecule has 0 aliphatic carbocycles. The van der Waals surface area contributed by atoms with Gasteiger partial charge in [0.05, 0.1) is 12.4 Å². The highest BCUT2D eigenvalue weighted by atomic mass is 15.4. The average molecular weight is 447 g/mol. The minimum Gasteiger partial charge on any atom is -0.259 e. The Morgan fingerprint density at radius 2 is 0.971 bits per heavy atom. The molecule has 0 aliphatic rings. The highest BCUT2D eigenvalue weighted by Gasteiger charge is 2.07. The zero-order valence-electron chi connectivity index (χ0n) is 19.2. The lowest BCUT2D eigenvalue weighted by molar-refractivity contribution is 1.03. The molecule has 0 unspecified atom stereocenters. The highest BCUT2D eigenvalue weighted by Crippen LogP contribution is 2.25. The Morgan fingerprint density at radius 1 is 0.588 bits per heavy atom. The standard InChI is InChI=1S/C28H26N6/c1-21(17-23-11-5-3-6-12-23)19-29-31-27-25-15-9-10-16-26(25)28(34-33-27)32-30-20-22(2)18-24-13-7-4-8-14-24/h3-20H,1-2H3,(H,31,33)(H,32,34)/b21-17-,22-18+,29-19+,30-20-. The molecule has 0 amide bonds. The second-order valence-corrected chi connectivity index (χ2v) is 7.78. The van der Waals surface area contributed by atoms with E-state index in [4.69, 9.17) is 0 Å². The average Bonchev–Trinajstić information content (AvgIpc) is 2.86. The molecule has 0 saturated heterocycles. The van der Waals surface area contributed by atoms with Crippen molar-refractivity contribution in [3.8, 4) is 0 Å². The van der Waals surface area contributed by atoms with Crippen LogP contribution < -0.4 is 10.9 Å². The predicted molar refractivity (Wildman–Crippen MR) is 144 cm³/mol. The molecule has 4 rings (SSSR count). The largest absolute Gasteiger partial charge is 0.259 e. The van der Waals surface area contributed by atoms with Crippen LogP contribution in [0.15, 0.2) is 106 Å². The van der Waals surface area contributed by atoms with E-state index in [9.17, 15) is 0 Å². The number of allylic oxidation sites excluding steroid dienone is 2. The summed E-state index contributed by atoms with van der Waals surface area (Å²) in [6.45, 7) is 4.00. The van der Waals surface area contributed by atoms with Gasteiger partial charge in [0.1, 0.15) is 0 Å². The molecule has 3 aromatic carbocycles. The van der Waals surface area contributed by atoms with Crippen LogP contribution in [0.4, 0.5) is 11.6 Å². The van der Waals surface area contributed by atoms with Crippen LogP contribution in [-0.2, 0) is 0 Å². The van der Waals surface area contributed by atoms with Gasteiger partial charge in [0.25, 0.3) is 0 Å². The molecule has 0 saturated carbocycles. The van der Waals surface area contributed by atoms with E-state index in [0.717, 1.165) is 33.0 Å². The predicted octanol–water partition coefficient (Wildman–Crippen LogP) is 6.63. The quantitative estimate of drug-likeness (QED) is 0.235. The van der Waals surface area contributed by atoms with E-state index in [-0.39, 0.29) is 0 Å². The maximum Gasteiger partial charge on any atom is 0.176 e. The van der Waals surface area contributed by atoms with Gasteiger partial charge in [0.2, 0.25) is 0 Å². The van der Waals surface area contributed by atoms with Crippen molar-refractivity contribution >= 4 is 47.0 Å². The fourth-order valence-electron chi connectivity index (χ4n) is 3.36. The SMILES string of the molecule is CC(=C/c1ccccc1)/C=N/Nc1nnc(N/N=C\C(C)=C\c2ccccc2)c2ccccc12. The van der Waals surface area contributed by atoms with Crippen molar-refractivity contribution in [1.29, 1.82) is 0 Å². The zero-order valence-corrected chi connectivity index (χ0v) is 19.2. The van der Waals surface area contributed by atoms with E-state index in [1.807, 2.05) is 74.5 Å². The van der Waals surface area contributed by atoms with Crippen LogP contribution in [0.3, 0.4) is 0 Å². The van der Waals surface area contributed by atoms with Crippen LogP contribution in [0.2, 0.25) is 0 Å². The van der Waals surface area contributed by atoms with Crippen molar-refractivity contribution in [1.82, 2.24) is 10.2 Å². The minimum atomic E-state index is 0.578. The second kappa shape index (κ2) is 11.3. The normalized spacial score (nSPS) is 12.5. The number of rotatable bonds is 8. The summed E-state index contributed by atoms with van der Waals surface area (Å²) >= 11 is 0. The molecule has 34 heavy (non-hydrogen) atoms.